The maximum atomic E-state index is 13.5. The molecule has 2 rings (SSSR count). The van der Waals surface area contributed by atoms with E-state index in [1.165, 1.54) is 6.92 Å². The Morgan fingerprint density at radius 1 is 1.45 bits per heavy atom. The molecular formula is C10H10F5N3O2. The second kappa shape index (κ2) is 4.32. The molecule has 1 aliphatic heterocycles. The molecule has 0 radical (unpaired) electrons. The number of carbonyl (C=O) groups is 1. The molecule has 0 bridgehead atoms. The lowest BCUT2D eigenvalue weighted by Crippen LogP contribution is -2.48. The molecule has 10 heteroatoms. The summed E-state index contributed by atoms with van der Waals surface area (Å²) in [6, 6.07) is -2.02. The van der Waals surface area contributed by atoms with Gasteiger partial charge in [-0.3, -0.25) is 0 Å². The molecule has 1 aromatic heterocycles. The highest BCUT2D eigenvalue weighted by Crippen LogP contribution is 2.47. The van der Waals surface area contributed by atoms with Crippen molar-refractivity contribution < 1.29 is 31.9 Å². The molecule has 5 nitrogen and oxygen atoms in total. The minimum Gasteiger partial charge on any atom is -0.476 e. The molecule has 0 aromatic carbocycles. The maximum Gasteiger partial charge on any atom is 0.455 e. The van der Waals surface area contributed by atoms with Crippen molar-refractivity contribution in [2.24, 2.45) is 0 Å². The van der Waals surface area contributed by atoms with Gasteiger partial charge in [-0.15, -0.1) is 0 Å². The van der Waals surface area contributed by atoms with Gasteiger partial charge in [0.1, 0.15) is 11.9 Å². The Bertz CT molecular complexity index is 539. The van der Waals surface area contributed by atoms with E-state index in [0.717, 1.165) is 6.07 Å². The fraction of sp³-hybridized carbons (Fsp3) is 0.600. The first kappa shape index (κ1) is 14.5. The number of anilines is 1. The summed E-state index contributed by atoms with van der Waals surface area (Å²) in [7, 11) is 0. The van der Waals surface area contributed by atoms with Crippen molar-refractivity contribution in [3.8, 4) is 0 Å². The molecule has 0 aliphatic carbocycles. The third-order valence-electron chi connectivity index (χ3n) is 3.02. The van der Waals surface area contributed by atoms with E-state index in [9.17, 15) is 26.7 Å². The van der Waals surface area contributed by atoms with Crippen molar-refractivity contribution in [2.45, 2.75) is 37.5 Å². The van der Waals surface area contributed by atoms with Crippen molar-refractivity contribution in [1.82, 2.24) is 9.78 Å². The minimum atomic E-state index is -5.73. The summed E-state index contributed by atoms with van der Waals surface area (Å²) in [5, 5.41) is 14.7. The summed E-state index contributed by atoms with van der Waals surface area (Å²) in [6.07, 6.45) is -6.26. The van der Waals surface area contributed by atoms with Crippen molar-refractivity contribution in [3.63, 3.8) is 0 Å². The van der Waals surface area contributed by atoms with Crippen LogP contribution in [0.3, 0.4) is 0 Å². The highest BCUT2D eigenvalue weighted by Gasteiger charge is 2.64. The largest absolute Gasteiger partial charge is 0.476 e. The van der Waals surface area contributed by atoms with Crippen LogP contribution in [0.1, 0.15) is 29.9 Å². The van der Waals surface area contributed by atoms with Crippen LogP contribution in [0, 0.1) is 0 Å². The van der Waals surface area contributed by atoms with E-state index in [4.69, 9.17) is 5.11 Å². The quantitative estimate of drug-likeness (QED) is 0.824. The van der Waals surface area contributed by atoms with Gasteiger partial charge in [-0.05, 0) is 13.3 Å². The van der Waals surface area contributed by atoms with Gasteiger partial charge in [-0.1, -0.05) is 0 Å². The topological polar surface area (TPSA) is 67.2 Å². The van der Waals surface area contributed by atoms with Crippen LogP contribution in [0.2, 0.25) is 0 Å². The van der Waals surface area contributed by atoms with E-state index >= 15 is 0 Å². The van der Waals surface area contributed by atoms with Gasteiger partial charge in [-0.2, -0.15) is 27.1 Å². The van der Waals surface area contributed by atoms with Crippen molar-refractivity contribution >= 4 is 11.8 Å². The smallest absolute Gasteiger partial charge is 0.455 e. The number of rotatable bonds is 2. The SMILES string of the molecule is C[C@H]1C[C@@H](C(F)(F)C(F)(F)F)n2nc(C(=O)O)cc2N1. The molecule has 0 unspecified atom stereocenters. The van der Waals surface area contributed by atoms with E-state index in [1.807, 2.05) is 0 Å². The van der Waals surface area contributed by atoms with Crippen LogP contribution >= 0.6 is 0 Å². The molecule has 0 spiro atoms. The van der Waals surface area contributed by atoms with Gasteiger partial charge in [-0.25, -0.2) is 9.48 Å². The first-order chi connectivity index (χ1) is 9.04. The van der Waals surface area contributed by atoms with Gasteiger partial charge in [0.15, 0.2) is 5.69 Å². The Morgan fingerprint density at radius 2 is 2.05 bits per heavy atom. The molecule has 2 heterocycles. The number of carboxylic acids is 1. The lowest BCUT2D eigenvalue weighted by molar-refractivity contribution is -0.301. The number of halogens is 5. The van der Waals surface area contributed by atoms with E-state index in [0.29, 0.717) is 4.68 Å². The Morgan fingerprint density at radius 3 is 2.55 bits per heavy atom. The van der Waals surface area contributed by atoms with E-state index < -0.39 is 42.3 Å². The third-order valence-corrected chi connectivity index (χ3v) is 3.02. The predicted molar refractivity (Wildman–Crippen MR) is 56.9 cm³/mol. The van der Waals surface area contributed by atoms with Crippen LogP contribution in [-0.4, -0.2) is 39.0 Å². The highest BCUT2D eigenvalue weighted by atomic mass is 19.4. The monoisotopic (exact) mass is 299 g/mol. The Balaban J connectivity index is 2.50. The summed E-state index contributed by atoms with van der Waals surface area (Å²) >= 11 is 0. The number of fused-ring (bicyclic) bond motifs is 1. The van der Waals surface area contributed by atoms with Crippen LogP contribution < -0.4 is 5.32 Å². The molecule has 1 aromatic rings. The van der Waals surface area contributed by atoms with Gasteiger partial charge in [0.25, 0.3) is 0 Å². The molecule has 0 saturated carbocycles. The zero-order valence-electron chi connectivity index (χ0n) is 10.1. The maximum absolute atomic E-state index is 13.5. The molecule has 2 N–H and O–H groups in total. The predicted octanol–water partition coefficient (Wildman–Crippen LogP) is 2.52. The van der Waals surface area contributed by atoms with Crippen LogP contribution in [0.4, 0.5) is 27.8 Å². The van der Waals surface area contributed by atoms with Gasteiger partial charge in [0.2, 0.25) is 0 Å². The summed E-state index contributed by atoms with van der Waals surface area (Å²) in [5.41, 5.74) is -0.593. The first-order valence-corrected chi connectivity index (χ1v) is 5.58. The number of hydrogen-bond acceptors (Lipinski definition) is 3. The van der Waals surface area contributed by atoms with Crippen LogP contribution in [0.5, 0.6) is 0 Å². The molecule has 0 fully saturated rings. The Labute approximate surface area is 109 Å². The number of nitrogens with one attached hydrogen (secondary N) is 1. The molecule has 112 valence electrons. The van der Waals surface area contributed by atoms with E-state index in [-0.39, 0.29) is 5.82 Å². The van der Waals surface area contributed by atoms with Crippen LogP contribution in [0.15, 0.2) is 6.07 Å². The van der Waals surface area contributed by atoms with Crippen molar-refractivity contribution in [3.05, 3.63) is 11.8 Å². The lowest BCUT2D eigenvalue weighted by Gasteiger charge is -2.35. The van der Waals surface area contributed by atoms with Crippen LogP contribution in [0.25, 0.3) is 0 Å². The molecule has 0 saturated heterocycles. The van der Waals surface area contributed by atoms with Crippen LogP contribution in [-0.2, 0) is 0 Å². The third kappa shape index (κ3) is 2.18. The number of aromatic nitrogens is 2. The van der Waals surface area contributed by atoms with Crippen molar-refractivity contribution in [1.29, 1.82) is 0 Å². The Kier molecular flexibility index (Phi) is 3.14. The molecule has 1 aliphatic rings. The summed E-state index contributed by atoms with van der Waals surface area (Å²) < 4.78 is 64.9. The average Bonchev–Trinajstić information content (AvgIpc) is 2.69. The van der Waals surface area contributed by atoms with Gasteiger partial charge in [0, 0.05) is 12.1 Å². The Hall–Kier alpha value is -1.87. The lowest BCUT2D eigenvalue weighted by atomic mass is 9.99. The fourth-order valence-corrected chi connectivity index (χ4v) is 2.08. The standard InChI is InChI=1S/C10H10F5N3O2/c1-4-2-6(9(11,12)10(13,14)15)18-7(16-4)3-5(17-18)8(19)20/h3-4,6,16H,2H2,1H3,(H,19,20)/t4-,6-/m0/s1. The van der Waals surface area contributed by atoms with Gasteiger partial charge >= 0.3 is 18.1 Å². The second-order valence-electron chi connectivity index (χ2n) is 4.58. The van der Waals surface area contributed by atoms with Crippen molar-refractivity contribution in [2.75, 3.05) is 5.32 Å². The number of carboxylic acid groups (broad SMARTS) is 1. The molecule has 2 atom stereocenters. The molecule has 20 heavy (non-hydrogen) atoms. The second-order valence-corrected chi connectivity index (χ2v) is 4.58. The van der Waals surface area contributed by atoms with E-state index in [2.05, 4.69) is 10.4 Å². The minimum absolute atomic E-state index is 0.171. The molecule has 0 amide bonds. The number of nitrogens with zero attached hydrogens (tertiary/aromatic N) is 2. The first-order valence-electron chi connectivity index (χ1n) is 5.58. The summed E-state index contributed by atoms with van der Waals surface area (Å²) in [5.74, 6) is -6.68. The fourth-order valence-electron chi connectivity index (χ4n) is 2.08. The highest BCUT2D eigenvalue weighted by molar-refractivity contribution is 5.86. The van der Waals surface area contributed by atoms with Gasteiger partial charge < -0.3 is 10.4 Å². The molecular weight excluding hydrogens is 289 g/mol. The summed E-state index contributed by atoms with van der Waals surface area (Å²) in [6.45, 7) is 1.43. The normalized spacial score (nSPS) is 23.1. The average molecular weight is 299 g/mol. The zero-order chi connectivity index (χ0) is 15.3. The number of alkyl halides is 5. The summed E-state index contributed by atoms with van der Waals surface area (Å²) in [4.78, 5) is 10.7. The number of hydrogen-bond donors (Lipinski definition) is 2. The zero-order valence-corrected chi connectivity index (χ0v) is 10.1. The number of aromatic carboxylic acids is 1. The van der Waals surface area contributed by atoms with E-state index in [1.54, 1.807) is 0 Å². The van der Waals surface area contributed by atoms with Gasteiger partial charge in [0.05, 0.1) is 0 Å².